The molecule has 120 valence electrons. The van der Waals surface area contributed by atoms with Crippen molar-refractivity contribution in [2.45, 2.75) is 6.54 Å². The van der Waals surface area contributed by atoms with E-state index in [1.807, 2.05) is 36.5 Å². The standard InChI is InChI=1S/C19H16ClN2O2/c1-24-15-8-6-14(7-9-15)19(23)12-22-11-10-18(21-13-22)16-4-2-3-5-17(16)20/h2-11,13H,12H2,1H3/q+1. The lowest BCUT2D eigenvalue weighted by Gasteiger charge is -2.03. The van der Waals surface area contributed by atoms with Crippen molar-refractivity contribution in [2.24, 2.45) is 0 Å². The number of rotatable bonds is 5. The lowest BCUT2D eigenvalue weighted by molar-refractivity contribution is -0.686. The second-order valence-corrected chi connectivity index (χ2v) is 5.66. The monoisotopic (exact) mass is 339 g/mol. The lowest BCUT2D eigenvalue weighted by atomic mass is 10.1. The predicted octanol–water partition coefficient (Wildman–Crippen LogP) is 3.58. The number of hydrogen-bond donors (Lipinski definition) is 0. The first-order chi connectivity index (χ1) is 11.7. The zero-order valence-electron chi connectivity index (χ0n) is 13.1. The van der Waals surface area contributed by atoms with Crippen molar-refractivity contribution in [3.8, 4) is 17.0 Å². The molecule has 2 aromatic carbocycles. The smallest absolute Gasteiger partial charge is 0.287 e. The summed E-state index contributed by atoms with van der Waals surface area (Å²) in [4.78, 5) is 16.7. The normalized spacial score (nSPS) is 10.4. The fraction of sp³-hybridized carbons (Fsp3) is 0.105. The van der Waals surface area contributed by atoms with Gasteiger partial charge >= 0.3 is 0 Å². The fourth-order valence-corrected chi connectivity index (χ4v) is 2.57. The molecule has 3 aromatic rings. The van der Waals surface area contributed by atoms with Crippen molar-refractivity contribution in [1.82, 2.24) is 4.98 Å². The summed E-state index contributed by atoms with van der Waals surface area (Å²) >= 11 is 6.18. The molecule has 3 rings (SSSR count). The number of aromatic nitrogens is 2. The van der Waals surface area contributed by atoms with Gasteiger partial charge in [-0.15, -0.1) is 0 Å². The average molecular weight is 340 g/mol. The maximum Gasteiger partial charge on any atom is 0.287 e. The lowest BCUT2D eigenvalue weighted by Crippen LogP contribution is -2.37. The first kappa shape index (κ1) is 16.1. The number of nitrogens with zero attached hydrogens (tertiary/aromatic N) is 2. The van der Waals surface area contributed by atoms with E-state index in [4.69, 9.17) is 16.3 Å². The summed E-state index contributed by atoms with van der Waals surface area (Å²) in [7, 11) is 1.60. The van der Waals surface area contributed by atoms with Gasteiger partial charge in [0.1, 0.15) is 5.75 Å². The van der Waals surface area contributed by atoms with E-state index in [9.17, 15) is 4.79 Å². The van der Waals surface area contributed by atoms with Crippen molar-refractivity contribution in [3.63, 3.8) is 0 Å². The Labute approximate surface area is 145 Å². The summed E-state index contributed by atoms with van der Waals surface area (Å²) in [6.45, 7) is 0.224. The van der Waals surface area contributed by atoms with Crippen LogP contribution in [-0.4, -0.2) is 17.9 Å². The third-order valence-electron chi connectivity index (χ3n) is 3.66. The third-order valence-corrected chi connectivity index (χ3v) is 3.99. The Morgan fingerprint density at radius 3 is 2.50 bits per heavy atom. The molecule has 24 heavy (non-hydrogen) atoms. The largest absolute Gasteiger partial charge is 0.497 e. The number of Topliss-reactive ketones (excluding diaryl/α,β-unsaturated/α-hetero) is 1. The second kappa shape index (κ2) is 7.23. The van der Waals surface area contributed by atoms with Crippen molar-refractivity contribution < 1.29 is 14.1 Å². The molecule has 0 unspecified atom stereocenters. The zero-order chi connectivity index (χ0) is 16.9. The van der Waals surface area contributed by atoms with E-state index in [0.717, 1.165) is 17.0 Å². The highest BCUT2D eigenvalue weighted by Gasteiger charge is 2.13. The summed E-state index contributed by atoms with van der Waals surface area (Å²) in [5.74, 6) is 0.736. The summed E-state index contributed by atoms with van der Waals surface area (Å²) < 4.78 is 6.84. The van der Waals surface area contributed by atoms with Gasteiger partial charge < -0.3 is 4.74 Å². The highest BCUT2D eigenvalue weighted by atomic mass is 35.5. The van der Waals surface area contributed by atoms with Crippen molar-refractivity contribution in [3.05, 3.63) is 77.7 Å². The Hall–Kier alpha value is -2.72. The van der Waals surface area contributed by atoms with Gasteiger partial charge in [-0.05, 0) is 41.4 Å². The molecular weight excluding hydrogens is 324 g/mol. The van der Waals surface area contributed by atoms with E-state index < -0.39 is 0 Å². The molecular formula is C19H16ClN2O2+. The van der Waals surface area contributed by atoms with Crippen LogP contribution < -0.4 is 9.30 Å². The van der Waals surface area contributed by atoms with Crippen LogP contribution in [0.5, 0.6) is 5.75 Å². The van der Waals surface area contributed by atoms with Crippen LogP contribution in [0, 0.1) is 0 Å². The van der Waals surface area contributed by atoms with Crippen molar-refractivity contribution in [1.29, 1.82) is 0 Å². The number of carbonyl (C=O) groups is 1. The van der Waals surface area contributed by atoms with Crippen molar-refractivity contribution in [2.75, 3.05) is 7.11 Å². The summed E-state index contributed by atoms with van der Waals surface area (Å²) in [6, 6.07) is 16.4. The van der Waals surface area contributed by atoms with E-state index in [2.05, 4.69) is 4.98 Å². The molecule has 0 saturated heterocycles. The first-order valence-electron chi connectivity index (χ1n) is 7.44. The molecule has 0 atom stereocenters. The number of carbonyl (C=O) groups excluding carboxylic acids is 1. The number of ketones is 1. The molecule has 0 amide bonds. The Morgan fingerprint density at radius 2 is 1.88 bits per heavy atom. The second-order valence-electron chi connectivity index (χ2n) is 5.25. The average Bonchev–Trinajstić information content (AvgIpc) is 2.63. The molecule has 1 heterocycles. The topological polar surface area (TPSA) is 43.1 Å². The Bertz CT molecular complexity index is 846. The maximum atomic E-state index is 12.3. The summed E-state index contributed by atoms with van der Waals surface area (Å²) in [5, 5.41) is 0.650. The molecule has 0 radical (unpaired) electrons. The van der Waals surface area contributed by atoms with E-state index in [-0.39, 0.29) is 12.3 Å². The molecule has 0 spiro atoms. The van der Waals surface area contributed by atoms with Gasteiger partial charge in [-0.1, -0.05) is 23.7 Å². The Morgan fingerprint density at radius 1 is 1.12 bits per heavy atom. The minimum atomic E-state index is 0.00921. The molecule has 0 fully saturated rings. The maximum absolute atomic E-state index is 12.3. The molecule has 5 heteroatoms. The molecule has 1 aromatic heterocycles. The quantitative estimate of drug-likeness (QED) is 0.527. The Kier molecular flexibility index (Phi) is 4.87. The molecule has 0 aliphatic rings. The van der Waals surface area contributed by atoms with Crippen LogP contribution >= 0.6 is 11.6 Å². The highest BCUT2D eigenvalue weighted by molar-refractivity contribution is 6.33. The van der Waals surface area contributed by atoms with Crippen LogP contribution in [0.25, 0.3) is 11.3 Å². The van der Waals surface area contributed by atoms with E-state index >= 15 is 0 Å². The minimum Gasteiger partial charge on any atom is -0.497 e. The van der Waals surface area contributed by atoms with Gasteiger partial charge in [0.2, 0.25) is 5.78 Å². The highest BCUT2D eigenvalue weighted by Crippen LogP contribution is 2.24. The Balaban J connectivity index is 1.74. The van der Waals surface area contributed by atoms with Gasteiger partial charge in [-0.25, -0.2) is 4.57 Å². The van der Waals surface area contributed by atoms with Crippen LogP contribution in [0.2, 0.25) is 5.02 Å². The van der Waals surface area contributed by atoms with Gasteiger partial charge in [0.05, 0.1) is 18.3 Å². The number of halogens is 1. The van der Waals surface area contributed by atoms with Crippen LogP contribution in [0.1, 0.15) is 10.4 Å². The van der Waals surface area contributed by atoms with Crippen LogP contribution in [-0.2, 0) is 6.54 Å². The number of benzene rings is 2. The molecule has 0 N–H and O–H groups in total. The minimum absolute atomic E-state index is 0.00921. The van der Waals surface area contributed by atoms with Gasteiger partial charge in [0.15, 0.2) is 12.2 Å². The fourth-order valence-electron chi connectivity index (χ4n) is 2.34. The van der Waals surface area contributed by atoms with Crippen LogP contribution in [0.15, 0.2) is 67.1 Å². The van der Waals surface area contributed by atoms with E-state index in [1.165, 1.54) is 0 Å². The molecule has 0 bridgehead atoms. The van der Waals surface area contributed by atoms with Gasteiger partial charge in [0, 0.05) is 17.2 Å². The van der Waals surface area contributed by atoms with Gasteiger partial charge in [0.25, 0.3) is 6.33 Å². The van der Waals surface area contributed by atoms with Crippen LogP contribution in [0.4, 0.5) is 0 Å². The van der Waals surface area contributed by atoms with E-state index in [0.29, 0.717) is 10.6 Å². The third kappa shape index (κ3) is 3.60. The molecule has 0 aliphatic carbocycles. The molecule has 4 nitrogen and oxygen atoms in total. The molecule has 0 aliphatic heterocycles. The zero-order valence-corrected chi connectivity index (χ0v) is 13.9. The van der Waals surface area contributed by atoms with Crippen molar-refractivity contribution >= 4 is 17.4 Å². The number of ether oxygens (including phenoxy) is 1. The first-order valence-corrected chi connectivity index (χ1v) is 7.82. The SMILES string of the molecule is COc1ccc(C(=O)C[n+]2ccc(-c3ccccc3Cl)nc2)cc1. The summed E-state index contributed by atoms with van der Waals surface area (Å²) in [5.41, 5.74) is 2.28. The van der Waals surface area contributed by atoms with Gasteiger partial charge in [-0.3, -0.25) is 4.79 Å². The van der Waals surface area contributed by atoms with Crippen LogP contribution in [0.3, 0.4) is 0 Å². The summed E-state index contributed by atoms with van der Waals surface area (Å²) in [6.07, 6.45) is 3.47. The predicted molar refractivity (Wildman–Crippen MR) is 92.2 cm³/mol. The number of hydrogen-bond acceptors (Lipinski definition) is 3. The molecule has 0 saturated carbocycles. The number of methoxy groups -OCH3 is 1. The van der Waals surface area contributed by atoms with E-state index in [1.54, 1.807) is 42.3 Å². The van der Waals surface area contributed by atoms with Gasteiger partial charge in [-0.2, -0.15) is 0 Å².